The quantitative estimate of drug-likeness (QED) is 0.348. The summed E-state index contributed by atoms with van der Waals surface area (Å²) < 4.78 is 6.41. The van der Waals surface area contributed by atoms with Gasteiger partial charge in [-0.15, -0.1) is 0 Å². The minimum absolute atomic E-state index is 0.139. The van der Waals surface area contributed by atoms with Gasteiger partial charge in [0.1, 0.15) is 11.5 Å². The fraction of sp³-hybridized carbons (Fsp3) is 0.0909. The first-order valence-corrected chi connectivity index (χ1v) is 10.2. The van der Waals surface area contributed by atoms with Gasteiger partial charge in [0, 0.05) is 11.6 Å². The van der Waals surface area contributed by atoms with Crippen LogP contribution in [0.1, 0.15) is 16.9 Å². The van der Waals surface area contributed by atoms with Crippen molar-refractivity contribution in [2.45, 2.75) is 13.8 Å². The Balaban J connectivity index is 1.65. The largest absolute Gasteiger partial charge is 0.457 e. The van der Waals surface area contributed by atoms with Crippen LogP contribution in [-0.2, 0) is 4.79 Å². The summed E-state index contributed by atoms with van der Waals surface area (Å²) in [7, 11) is 0. The molecule has 0 radical (unpaired) electrons. The monoisotopic (exact) mass is 425 g/mol. The van der Waals surface area contributed by atoms with Crippen LogP contribution in [0.5, 0.6) is 0 Å². The maximum absolute atomic E-state index is 13.0. The Kier molecular flexibility index (Phi) is 5.15. The SMILES string of the molecule is Cc1ccc(C)c(N2C(=O)C(=Cc3ccc(-c4ccccc4Cl)o3)SC2=S)c1. The van der Waals surface area contributed by atoms with E-state index in [1.165, 1.54) is 11.8 Å². The second-order valence-corrected chi connectivity index (χ2v) is 8.57. The Labute approximate surface area is 178 Å². The van der Waals surface area contributed by atoms with Gasteiger partial charge in [0.15, 0.2) is 4.32 Å². The van der Waals surface area contributed by atoms with Gasteiger partial charge in [0.05, 0.1) is 15.6 Å². The van der Waals surface area contributed by atoms with Crippen molar-refractivity contribution in [3.63, 3.8) is 0 Å². The summed E-state index contributed by atoms with van der Waals surface area (Å²) >= 11 is 13.0. The predicted octanol–water partition coefficient (Wildman–Crippen LogP) is 6.62. The number of hydrogen-bond acceptors (Lipinski definition) is 4. The van der Waals surface area contributed by atoms with E-state index >= 15 is 0 Å². The average molecular weight is 426 g/mol. The molecule has 1 amide bonds. The number of rotatable bonds is 3. The molecule has 4 rings (SSSR count). The molecule has 0 unspecified atom stereocenters. The molecule has 3 aromatic rings. The van der Waals surface area contributed by atoms with Crippen molar-refractivity contribution in [2.75, 3.05) is 4.90 Å². The summed E-state index contributed by atoms with van der Waals surface area (Å²) in [5.41, 5.74) is 3.71. The average Bonchev–Trinajstić information content (AvgIpc) is 3.23. The van der Waals surface area contributed by atoms with Crippen LogP contribution in [0.3, 0.4) is 0 Å². The maximum atomic E-state index is 13.0. The van der Waals surface area contributed by atoms with Crippen molar-refractivity contribution >= 4 is 57.6 Å². The second kappa shape index (κ2) is 7.59. The molecule has 6 heteroatoms. The van der Waals surface area contributed by atoms with Crippen molar-refractivity contribution in [1.29, 1.82) is 0 Å². The fourth-order valence-electron chi connectivity index (χ4n) is 3.00. The normalized spacial score (nSPS) is 15.7. The first-order valence-electron chi connectivity index (χ1n) is 8.64. The molecule has 0 aliphatic carbocycles. The number of amides is 1. The number of hydrogen-bond donors (Lipinski definition) is 0. The summed E-state index contributed by atoms with van der Waals surface area (Å²) in [5, 5.41) is 0.615. The number of furan rings is 1. The van der Waals surface area contributed by atoms with E-state index in [4.69, 9.17) is 28.2 Å². The first kappa shape index (κ1) is 19.0. The lowest BCUT2D eigenvalue weighted by atomic mass is 10.1. The van der Waals surface area contributed by atoms with Crippen LogP contribution in [-0.4, -0.2) is 10.2 Å². The highest BCUT2D eigenvalue weighted by molar-refractivity contribution is 8.27. The molecule has 0 atom stereocenters. The molecule has 140 valence electrons. The number of carbonyl (C=O) groups is 1. The number of thiocarbonyl (C=S) groups is 1. The van der Waals surface area contributed by atoms with Gasteiger partial charge in [-0.05, 0) is 55.3 Å². The Morgan fingerprint density at radius 1 is 1.11 bits per heavy atom. The van der Waals surface area contributed by atoms with E-state index in [9.17, 15) is 4.79 Å². The predicted molar refractivity (Wildman–Crippen MR) is 121 cm³/mol. The van der Waals surface area contributed by atoms with Crippen molar-refractivity contribution < 1.29 is 9.21 Å². The molecule has 3 nitrogen and oxygen atoms in total. The lowest BCUT2D eigenvalue weighted by Gasteiger charge is -2.17. The van der Waals surface area contributed by atoms with Gasteiger partial charge in [-0.25, -0.2) is 0 Å². The highest BCUT2D eigenvalue weighted by atomic mass is 35.5. The Hall–Kier alpha value is -2.34. The van der Waals surface area contributed by atoms with Gasteiger partial charge in [-0.3, -0.25) is 9.69 Å². The summed E-state index contributed by atoms with van der Waals surface area (Å²) in [6, 6.07) is 17.1. The van der Waals surface area contributed by atoms with Crippen LogP contribution in [0.25, 0.3) is 17.4 Å². The van der Waals surface area contributed by atoms with Gasteiger partial charge >= 0.3 is 0 Å². The molecule has 28 heavy (non-hydrogen) atoms. The summed E-state index contributed by atoms with van der Waals surface area (Å²) in [4.78, 5) is 15.1. The molecule has 2 aromatic carbocycles. The maximum Gasteiger partial charge on any atom is 0.270 e. The zero-order chi connectivity index (χ0) is 19.8. The summed E-state index contributed by atoms with van der Waals surface area (Å²) in [6.07, 6.45) is 1.73. The molecule has 1 saturated heterocycles. The molecule has 2 heterocycles. The minimum atomic E-state index is -0.139. The molecule has 1 aliphatic rings. The third kappa shape index (κ3) is 3.53. The zero-order valence-corrected chi connectivity index (χ0v) is 17.6. The van der Waals surface area contributed by atoms with E-state index in [0.29, 0.717) is 25.8 Å². The fourth-order valence-corrected chi connectivity index (χ4v) is 4.49. The molecule has 1 fully saturated rings. The van der Waals surface area contributed by atoms with Crippen LogP contribution >= 0.6 is 35.6 Å². The molecule has 0 spiro atoms. The third-order valence-electron chi connectivity index (χ3n) is 4.44. The highest BCUT2D eigenvalue weighted by Gasteiger charge is 2.34. The highest BCUT2D eigenvalue weighted by Crippen LogP contribution is 2.38. The molecule has 0 saturated carbocycles. The Morgan fingerprint density at radius 2 is 1.89 bits per heavy atom. The third-order valence-corrected chi connectivity index (χ3v) is 6.07. The smallest absolute Gasteiger partial charge is 0.270 e. The van der Waals surface area contributed by atoms with Crippen LogP contribution in [0.2, 0.25) is 5.02 Å². The van der Waals surface area contributed by atoms with Gasteiger partial charge in [0.2, 0.25) is 0 Å². The van der Waals surface area contributed by atoms with E-state index < -0.39 is 0 Å². The number of anilines is 1. The number of halogens is 1. The van der Waals surface area contributed by atoms with Crippen LogP contribution in [0.15, 0.2) is 63.9 Å². The summed E-state index contributed by atoms with van der Waals surface area (Å²) in [6.45, 7) is 3.97. The molecule has 1 aromatic heterocycles. The van der Waals surface area contributed by atoms with Crippen LogP contribution in [0.4, 0.5) is 5.69 Å². The number of benzene rings is 2. The molecular formula is C22H16ClNO2S2. The number of aryl methyl sites for hydroxylation is 2. The van der Waals surface area contributed by atoms with E-state index in [-0.39, 0.29) is 5.91 Å². The minimum Gasteiger partial charge on any atom is -0.457 e. The van der Waals surface area contributed by atoms with Gasteiger partial charge < -0.3 is 4.42 Å². The van der Waals surface area contributed by atoms with E-state index in [0.717, 1.165) is 22.4 Å². The van der Waals surface area contributed by atoms with Crippen LogP contribution < -0.4 is 4.90 Å². The Morgan fingerprint density at radius 3 is 2.68 bits per heavy atom. The standard InChI is InChI=1S/C22H16ClNO2S2/c1-13-7-8-14(2)18(11-13)24-21(25)20(28-22(24)27)12-15-9-10-19(26-15)16-5-3-4-6-17(16)23/h3-12H,1-2H3. The summed E-state index contributed by atoms with van der Waals surface area (Å²) in [5.74, 6) is 1.10. The Bertz CT molecular complexity index is 1130. The van der Waals surface area contributed by atoms with Crippen molar-refractivity contribution in [3.05, 3.63) is 81.4 Å². The lowest BCUT2D eigenvalue weighted by molar-refractivity contribution is -0.113. The van der Waals surface area contributed by atoms with Gasteiger partial charge in [-0.2, -0.15) is 0 Å². The van der Waals surface area contributed by atoms with E-state index in [1.807, 2.05) is 68.4 Å². The lowest BCUT2D eigenvalue weighted by Crippen LogP contribution is -2.28. The topological polar surface area (TPSA) is 33.5 Å². The van der Waals surface area contributed by atoms with Crippen LogP contribution in [0, 0.1) is 13.8 Å². The molecular weight excluding hydrogens is 410 g/mol. The number of thioether (sulfide) groups is 1. The van der Waals surface area contributed by atoms with Gasteiger partial charge in [-0.1, -0.05) is 59.8 Å². The second-order valence-electron chi connectivity index (χ2n) is 6.49. The van der Waals surface area contributed by atoms with Crippen molar-refractivity contribution in [1.82, 2.24) is 0 Å². The van der Waals surface area contributed by atoms with Gasteiger partial charge in [0.25, 0.3) is 5.91 Å². The van der Waals surface area contributed by atoms with Crippen molar-refractivity contribution in [3.8, 4) is 11.3 Å². The van der Waals surface area contributed by atoms with E-state index in [1.54, 1.807) is 11.0 Å². The number of nitrogens with zero attached hydrogens (tertiary/aromatic N) is 1. The van der Waals surface area contributed by atoms with Crippen molar-refractivity contribution in [2.24, 2.45) is 0 Å². The molecule has 0 bridgehead atoms. The number of carbonyl (C=O) groups excluding carboxylic acids is 1. The molecule has 0 N–H and O–H groups in total. The zero-order valence-electron chi connectivity index (χ0n) is 15.2. The molecule has 1 aliphatic heterocycles. The van der Waals surface area contributed by atoms with E-state index in [2.05, 4.69) is 0 Å². The first-order chi connectivity index (χ1) is 13.4.